The minimum Gasteiger partial charge on any atom is -0.491 e. The largest absolute Gasteiger partial charge is 0.491 e. The number of aliphatic hydroxyl groups is 1. The van der Waals surface area contributed by atoms with Crippen LogP contribution in [0.25, 0.3) is 5.69 Å². The Morgan fingerprint density at radius 2 is 2.00 bits per heavy atom. The van der Waals surface area contributed by atoms with Gasteiger partial charge in [-0.15, -0.1) is 0 Å². The minimum atomic E-state index is -0.496. The van der Waals surface area contributed by atoms with Gasteiger partial charge in [-0.05, 0) is 30.3 Å². The Morgan fingerprint density at radius 3 is 2.68 bits per heavy atom. The van der Waals surface area contributed by atoms with Gasteiger partial charge in [0.25, 0.3) is 0 Å². The van der Waals surface area contributed by atoms with Gasteiger partial charge >= 0.3 is 0 Å². The summed E-state index contributed by atoms with van der Waals surface area (Å²) in [4.78, 5) is 2.19. The zero-order valence-corrected chi connectivity index (χ0v) is 12.5. The van der Waals surface area contributed by atoms with Crippen LogP contribution in [0.4, 0.5) is 0 Å². The smallest absolute Gasteiger partial charge is 0.119 e. The first-order valence-corrected chi connectivity index (χ1v) is 7.52. The topological polar surface area (TPSA) is 59.8 Å². The molecule has 1 N–H and O–H groups in total. The summed E-state index contributed by atoms with van der Waals surface area (Å²) in [6.07, 6.45) is 3.14. The molecule has 1 atom stereocenters. The SMILES string of the molecule is O[C@@H](COc1ccc(-n2cccn2)cc1)CN1CCOCC1. The molecule has 1 aromatic heterocycles. The second-order valence-electron chi connectivity index (χ2n) is 5.32. The van der Waals surface area contributed by atoms with Crippen LogP contribution in [0, 0.1) is 0 Å². The zero-order valence-electron chi connectivity index (χ0n) is 12.5. The number of ether oxygens (including phenoxy) is 2. The Hall–Kier alpha value is -1.89. The number of rotatable bonds is 6. The maximum atomic E-state index is 10.0. The monoisotopic (exact) mass is 303 g/mol. The average molecular weight is 303 g/mol. The van der Waals surface area contributed by atoms with E-state index >= 15 is 0 Å². The van der Waals surface area contributed by atoms with Crippen molar-refractivity contribution < 1.29 is 14.6 Å². The van der Waals surface area contributed by atoms with E-state index < -0.39 is 6.10 Å². The number of nitrogens with zero attached hydrogens (tertiary/aromatic N) is 3. The summed E-state index contributed by atoms with van der Waals surface area (Å²) < 4.78 is 12.7. The highest BCUT2D eigenvalue weighted by atomic mass is 16.5. The summed E-state index contributed by atoms with van der Waals surface area (Å²) in [5.41, 5.74) is 0.978. The van der Waals surface area contributed by atoms with E-state index in [0.717, 1.165) is 37.7 Å². The van der Waals surface area contributed by atoms with E-state index in [4.69, 9.17) is 9.47 Å². The molecule has 2 aromatic rings. The maximum absolute atomic E-state index is 10.0. The van der Waals surface area contributed by atoms with Gasteiger partial charge in [0, 0.05) is 32.0 Å². The van der Waals surface area contributed by atoms with Crippen molar-refractivity contribution in [3.05, 3.63) is 42.7 Å². The molecule has 1 aliphatic rings. The van der Waals surface area contributed by atoms with E-state index in [-0.39, 0.29) is 0 Å². The Kier molecular flexibility index (Phi) is 5.05. The minimum absolute atomic E-state index is 0.290. The van der Waals surface area contributed by atoms with Gasteiger partial charge in [0.2, 0.25) is 0 Å². The van der Waals surface area contributed by atoms with Crippen molar-refractivity contribution in [1.29, 1.82) is 0 Å². The van der Waals surface area contributed by atoms with Crippen molar-refractivity contribution in [2.75, 3.05) is 39.5 Å². The first-order chi connectivity index (χ1) is 10.8. The third-order valence-corrected chi connectivity index (χ3v) is 3.62. The van der Waals surface area contributed by atoms with Gasteiger partial charge in [-0.1, -0.05) is 0 Å². The molecule has 0 aliphatic carbocycles. The Labute approximate surface area is 129 Å². The van der Waals surface area contributed by atoms with Gasteiger partial charge < -0.3 is 14.6 Å². The van der Waals surface area contributed by atoms with E-state index in [9.17, 15) is 5.11 Å². The molecule has 0 unspecified atom stereocenters. The van der Waals surface area contributed by atoms with E-state index in [0.29, 0.717) is 13.2 Å². The van der Waals surface area contributed by atoms with Crippen LogP contribution in [-0.2, 0) is 4.74 Å². The lowest BCUT2D eigenvalue weighted by molar-refractivity contribution is 0.00465. The molecule has 1 aliphatic heterocycles. The van der Waals surface area contributed by atoms with Crippen molar-refractivity contribution in [3.63, 3.8) is 0 Å². The zero-order chi connectivity index (χ0) is 15.2. The molecule has 22 heavy (non-hydrogen) atoms. The van der Waals surface area contributed by atoms with E-state index in [2.05, 4.69) is 10.00 Å². The quantitative estimate of drug-likeness (QED) is 0.861. The lowest BCUT2D eigenvalue weighted by Crippen LogP contribution is -2.42. The summed E-state index contributed by atoms with van der Waals surface area (Å²) in [7, 11) is 0. The van der Waals surface area contributed by atoms with Crippen LogP contribution in [0.1, 0.15) is 0 Å². The molecule has 6 nitrogen and oxygen atoms in total. The summed E-state index contributed by atoms with van der Waals surface area (Å²) >= 11 is 0. The number of aromatic nitrogens is 2. The molecular formula is C16H21N3O3. The van der Waals surface area contributed by atoms with Crippen LogP contribution < -0.4 is 4.74 Å². The lowest BCUT2D eigenvalue weighted by atomic mass is 10.3. The molecule has 6 heteroatoms. The average Bonchev–Trinajstić information content (AvgIpc) is 3.09. The van der Waals surface area contributed by atoms with Crippen LogP contribution >= 0.6 is 0 Å². The second kappa shape index (κ2) is 7.40. The fourth-order valence-corrected chi connectivity index (χ4v) is 2.44. The molecule has 0 spiro atoms. The molecule has 2 heterocycles. The summed E-state index contributed by atoms with van der Waals surface area (Å²) in [6.45, 7) is 4.13. The highest BCUT2D eigenvalue weighted by molar-refractivity contribution is 5.36. The Morgan fingerprint density at radius 1 is 1.23 bits per heavy atom. The standard InChI is InChI=1S/C16H21N3O3/c20-15(12-18-8-10-21-11-9-18)13-22-16-4-2-14(3-5-16)19-7-1-6-17-19/h1-7,15,20H,8-13H2/t15-/m1/s1. The summed E-state index contributed by atoms with van der Waals surface area (Å²) in [5, 5.41) is 14.2. The lowest BCUT2D eigenvalue weighted by Gasteiger charge is -2.28. The van der Waals surface area contributed by atoms with Crippen LogP contribution in [0.15, 0.2) is 42.7 Å². The van der Waals surface area contributed by atoms with E-state index in [1.54, 1.807) is 10.9 Å². The normalized spacial score (nSPS) is 17.3. The van der Waals surface area contributed by atoms with Gasteiger partial charge in [0.1, 0.15) is 18.5 Å². The highest BCUT2D eigenvalue weighted by Gasteiger charge is 2.15. The van der Waals surface area contributed by atoms with Gasteiger partial charge in [-0.3, -0.25) is 4.90 Å². The molecule has 0 radical (unpaired) electrons. The molecule has 1 aromatic carbocycles. The molecule has 1 saturated heterocycles. The van der Waals surface area contributed by atoms with Crippen molar-refractivity contribution in [3.8, 4) is 11.4 Å². The molecule has 0 amide bonds. The molecule has 1 fully saturated rings. The van der Waals surface area contributed by atoms with Crippen LogP contribution in [0.5, 0.6) is 5.75 Å². The van der Waals surface area contributed by atoms with E-state index in [1.165, 1.54) is 0 Å². The highest BCUT2D eigenvalue weighted by Crippen LogP contribution is 2.15. The van der Waals surface area contributed by atoms with Crippen molar-refractivity contribution in [2.24, 2.45) is 0 Å². The first-order valence-electron chi connectivity index (χ1n) is 7.52. The number of aliphatic hydroxyl groups excluding tert-OH is 1. The predicted octanol–water partition coefficient (Wildman–Crippen LogP) is 0.944. The van der Waals surface area contributed by atoms with Crippen molar-refractivity contribution in [2.45, 2.75) is 6.10 Å². The third-order valence-electron chi connectivity index (χ3n) is 3.62. The van der Waals surface area contributed by atoms with E-state index in [1.807, 2.05) is 36.5 Å². The van der Waals surface area contributed by atoms with Crippen LogP contribution in [-0.4, -0.2) is 65.3 Å². The summed E-state index contributed by atoms with van der Waals surface area (Å²) in [5.74, 6) is 0.747. The van der Waals surface area contributed by atoms with Crippen molar-refractivity contribution >= 4 is 0 Å². The number of hydrogen-bond acceptors (Lipinski definition) is 5. The van der Waals surface area contributed by atoms with Gasteiger partial charge in [0.15, 0.2) is 0 Å². The molecule has 0 bridgehead atoms. The molecule has 118 valence electrons. The number of morpholine rings is 1. The van der Waals surface area contributed by atoms with Crippen molar-refractivity contribution in [1.82, 2.24) is 14.7 Å². The number of β-amino-alcohol motifs (C(OH)–C–C–N with tert-alkyl or cyclic N) is 1. The summed E-state index contributed by atoms with van der Waals surface area (Å²) in [6, 6.07) is 9.54. The maximum Gasteiger partial charge on any atom is 0.119 e. The fourth-order valence-electron chi connectivity index (χ4n) is 2.44. The Balaban J connectivity index is 1.46. The molecule has 3 rings (SSSR count). The molecule has 0 saturated carbocycles. The third kappa shape index (κ3) is 4.07. The predicted molar refractivity (Wildman–Crippen MR) is 82.3 cm³/mol. The fraction of sp³-hybridized carbons (Fsp3) is 0.438. The molecular weight excluding hydrogens is 282 g/mol. The first kappa shape index (κ1) is 15.0. The van der Waals surface area contributed by atoms with Gasteiger partial charge in [-0.2, -0.15) is 5.10 Å². The second-order valence-corrected chi connectivity index (χ2v) is 5.32. The van der Waals surface area contributed by atoms with Crippen LogP contribution in [0.2, 0.25) is 0 Å². The van der Waals surface area contributed by atoms with Gasteiger partial charge in [0.05, 0.1) is 18.9 Å². The number of hydrogen-bond donors (Lipinski definition) is 1. The Bertz CT molecular complexity index is 551. The van der Waals surface area contributed by atoms with Crippen LogP contribution in [0.3, 0.4) is 0 Å². The van der Waals surface area contributed by atoms with Gasteiger partial charge in [-0.25, -0.2) is 4.68 Å². The number of benzene rings is 1.